The Hall–Kier alpha value is -1.10. The summed E-state index contributed by atoms with van der Waals surface area (Å²) in [4.78, 5) is 0. The highest BCUT2D eigenvalue weighted by atomic mass is 35.5. The van der Waals surface area contributed by atoms with Crippen LogP contribution in [0, 0.1) is 0 Å². The lowest BCUT2D eigenvalue weighted by Gasteiger charge is -2.15. The molecule has 0 aliphatic rings. The van der Waals surface area contributed by atoms with Crippen LogP contribution >= 0.6 is 23.2 Å². The van der Waals surface area contributed by atoms with E-state index in [9.17, 15) is 0 Å². The maximum Gasteiger partial charge on any atom is 0.103 e. The maximum absolute atomic E-state index is 6.28. The minimum absolute atomic E-state index is 0.205. The van der Waals surface area contributed by atoms with Gasteiger partial charge in [-0.1, -0.05) is 49.2 Å². The third kappa shape index (κ3) is 3.39. The standard InChI is InChI=1S/C15H20Cl2N4/c1-4-12(18-6-3)15-13(5-2)21(20-19-15)14-9-10(16)7-8-11(14)17/h7-9,12,18H,4-6H2,1-3H3. The lowest BCUT2D eigenvalue weighted by Crippen LogP contribution is -2.21. The quantitative estimate of drug-likeness (QED) is 0.865. The number of aromatic nitrogens is 3. The van der Waals surface area contributed by atoms with Gasteiger partial charge in [-0.15, -0.1) is 5.10 Å². The maximum atomic E-state index is 6.28. The van der Waals surface area contributed by atoms with Gasteiger partial charge in [-0.2, -0.15) is 0 Å². The first-order valence-corrected chi connectivity index (χ1v) is 8.01. The van der Waals surface area contributed by atoms with Crippen LogP contribution in [-0.4, -0.2) is 21.5 Å². The van der Waals surface area contributed by atoms with E-state index in [0.717, 1.165) is 36.5 Å². The highest BCUT2D eigenvalue weighted by Gasteiger charge is 2.20. The van der Waals surface area contributed by atoms with Crippen LogP contribution in [0.4, 0.5) is 0 Å². The normalized spacial score (nSPS) is 12.6. The van der Waals surface area contributed by atoms with Crippen molar-refractivity contribution in [3.63, 3.8) is 0 Å². The zero-order chi connectivity index (χ0) is 15.4. The number of nitrogens with zero attached hydrogens (tertiary/aromatic N) is 3. The summed E-state index contributed by atoms with van der Waals surface area (Å²) in [7, 11) is 0. The van der Waals surface area contributed by atoms with E-state index in [-0.39, 0.29) is 6.04 Å². The molecule has 1 unspecified atom stereocenters. The van der Waals surface area contributed by atoms with Gasteiger partial charge in [-0.25, -0.2) is 4.68 Å². The van der Waals surface area contributed by atoms with Crippen LogP contribution in [0.25, 0.3) is 5.69 Å². The number of rotatable bonds is 6. The number of hydrogen-bond donors (Lipinski definition) is 1. The molecule has 1 atom stereocenters. The lowest BCUT2D eigenvalue weighted by atomic mass is 10.1. The van der Waals surface area contributed by atoms with Crippen molar-refractivity contribution in [3.8, 4) is 5.69 Å². The smallest absolute Gasteiger partial charge is 0.103 e. The van der Waals surface area contributed by atoms with Gasteiger partial charge < -0.3 is 5.32 Å². The Morgan fingerprint density at radius 3 is 2.62 bits per heavy atom. The SMILES string of the molecule is CCNC(CC)c1nnn(-c2cc(Cl)ccc2Cl)c1CC. The lowest BCUT2D eigenvalue weighted by molar-refractivity contribution is 0.520. The molecule has 0 bridgehead atoms. The Morgan fingerprint density at radius 1 is 1.24 bits per heavy atom. The molecule has 2 rings (SSSR count). The van der Waals surface area contributed by atoms with E-state index in [1.807, 2.05) is 6.07 Å². The van der Waals surface area contributed by atoms with Crippen LogP contribution < -0.4 is 5.32 Å². The monoisotopic (exact) mass is 326 g/mol. The van der Waals surface area contributed by atoms with Gasteiger partial charge in [0.25, 0.3) is 0 Å². The van der Waals surface area contributed by atoms with E-state index >= 15 is 0 Å². The predicted octanol–water partition coefficient (Wildman–Crippen LogP) is 4.20. The van der Waals surface area contributed by atoms with Gasteiger partial charge in [0.05, 0.1) is 22.4 Å². The Morgan fingerprint density at radius 2 is 2.00 bits per heavy atom. The summed E-state index contributed by atoms with van der Waals surface area (Å²) in [5.74, 6) is 0. The average Bonchev–Trinajstić information content (AvgIpc) is 2.90. The number of hydrogen-bond acceptors (Lipinski definition) is 3. The fourth-order valence-electron chi connectivity index (χ4n) is 2.44. The molecule has 1 aromatic heterocycles. The second-order valence-electron chi connectivity index (χ2n) is 4.80. The Labute approximate surface area is 135 Å². The molecule has 1 heterocycles. The molecule has 0 aliphatic heterocycles. The Balaban J connectivity index is 2.51. The Kier molecular flexibility index (Phi) is 5.62. The van der Waals surface area contributed by atoms with Crippen LogP contribution in [0.3, 0.4) is 0 Å². The zero-order valence-electron chi connectivity index (χ0n) is 12.5. The molecule has 0 saturated carbocycles. The van der Waals surface area contributed by atoms with E-state index in [2.05, 4.69) is 36.4 Å². The van der Waals surface area contributed by atoms with Gasteiger partial charge in [0.15, 0.2) is 0 Å². The highest BCUT2D eigenvalue weighted by molar-refractivity contribution is 6.34. The van der Waals surface area contributed by atoms with Crippen molar-refractivity contribution < 1.29 is 0 Å². The topological polar surface area (TPSA) is 42.7 Å². The minimum atomic E-state index is 0.205. The van der Waals surface area contributed by atoms with Crippen LogP contribution in [-0.2, 0) is 6.42 Å². The molecule has 0 amide bonds. The number of benzene rings is 1. The molecule has 114 valence electrons. The molecule has 0 fully saturated rings. The van der Waals surface area contributed by atoms with E-state index in [0.29, 0.717) is 10.0 Å². The molecule has 1 N–H and O–H groups in total. The molecule has 0 radical (unpaired) electrons. The number of halogens is 2. The van der Waals surface area contributed by atoms with Crippen molar-refractivity contribution in [1.29, 1.82) is 0 Å². The molecule has 1 aromatic carbocycles. The first-order valence-electron chi connectivity index (χ1n) is 7.25. The average molecular weight is 327 g/mol. The molecule has 4 nitrogen and oxygen atoms in total. The molecule has 0 aliphatic carbocycles. The third-order valence-corrected chi connectivity index (χ3v) is 4.01. The molecule has 2 aromatic rings. The minimum Gasteiger partial charge on any atom is -0.309 e. The van der Waals surface area contributed by atoms with Crippen LogP contribution in [0.15, 0.2) is 18.2 Å². The van der Waals surface area contributed by atoms with E-state index < -0.39 is 0 Å². The third-order valence-electron chi connectivity index (χ3n) is 3.45. The molecule has 0 saturated heterocycles. The number of nitrogens with one attached hydrogen (secondary N) is 1. The van der Waals surface area contributed by atoms with Gasteiger partial charge in [-0.3, -0.25) is 0 Å². The summed E-state index contributed by atoms with van der Waals surface area (Å²) in [6.07, 6.45) is 1.79. The molecule has 0 spiro atoms. The van der Waals surface area contributed by atoms with Crippen molar-refractivity contribution in [1.82, 2.24) is 20.3 Å². The fraction of sp³-hybridized carbons (Fsp3) is 0.467. The van der Waals surface area contributed by atoms with E-state index in [1.54, 1.807) is 16.8 Å². The largest absolute Gasteiger partial charge is 0.309 e. The summed E-state index contributed by atoms with van der Waals surface area (Å²) in [6, 6.07) is 5.57. The molecule has 21 heavy (non-hydrogen) atoms. The van der Waals surface area contributed by atoms with Crippen LogP contribution in [0.2, 0.25) is 10.0 Å². The van der Waals surface area contributed by atoms with Crippen molar-refractivity contribution in [2.45, 2.75) is 39.7 Å². The van der Waals surface area contributed by atoms with Crippen molar-refractivity contribution >= 4 is 23.2 Å². The summed E-state index contributed by atoms with van der Waals surface area (Å²) in [5.41, 5.74) is 2.82. The van der Waals surface area contributed by atoms with E-state index in [4.69, 9.17) is 23.2 Å². The summed E-state index contributed by atoms with van der Waals surface area (Å²) < 4.78 is 1.80. The zero-order valence-corrected chi connectivity index (χ0v) is 14.0. The van der Waals surface area contributed by atoms with Gasteiger partial charge >= 0.3 is 0 Å². The van der Waals surface area contributed by atoms with E-state index in [1.165, 1.54) is 0 Å². The Bertz CT molecular complexity index is 610. The second kappa shape index (κ2) is 7.25. The summed E-state index contributed by atoms with van der Waals surface area (Å²) in [6.45, 7) is 7.22. The summed E-state index contributed by atoms with van der Waals surface area (Å²) in [5, 5.41) is 13.4. The van der Waals surface area contributed by atoms with Gasteiger partial charge in [0.2, 0.25) is 0 Å². The van der Waals surface area contributed by atoms with Crippen molar-refractivity contribution in [3.05, 3.63) is 39.6 Å². The first kappa shape index (κ1) is 16.3. The van der Waals surface area contributed by atoms with Crippen LogP contribution in [0.5, 0.6) is 0 Å². The van der Waals surface area contributed by atoms with Gasteiger partial charge in [0.1, 0.15) is 5.69 Å². The van der Waals surface area contributed by atoms with Gasteiger partial charge in [0, 0.05) is 5.02 Å². The van der Waals surface area contributed by atoms with Crippen molar-refractivity contribution in [2.24, 2.45) is 0 Å². The molecular formula is C15H20Cl2N4. The second-order valence-corrected chi connectivity index (χ2v) is 5.64. The highest BCUT2D eigenvalue weighted by Crippen LogP contribution is 2.27. The summed E-state index contributed by atoms with van der Waals surface area (Å²) >= 11 is 12.4. The predicted molar refractivity (Wildman–Crippen MR) is 87.5 cm³/mol. The molecular weight excluding hydrogens is 307 g/mol. The van der Waals surface area contributed by atoms with Crippen molar-refractivity contribution in [2.75, 3.05) is 6.54 Å². The first-order chi connectivity index (χ1) is 10.1. The molecule has 6 heteroatoms. The van der Waals surface area contributed by atoms with Crippen LogP contribution in [0.1, 0.15) is 44.6 Å². The van der Waals surface area contributed by atoms with Gasteiger partial charge in [-0.05, 0) is 37.6 Å². The fourth-order valence-corrected chi connectivity index (χ4v) is 2.80.